The number of hydrogen-bond donors (Lipinski definition) is 1. The molecule has 0 saturated heterocycles. The monoisotopic (exact) mass is 324 g/mol. The molecule has 0 radical (unpaired) electrons. The molecule has 1 fully saturated rings. The van der Waals surface area contributed by atoms with Gasteiger partial charge in [0.25, 0.3) is 0 Å². The highest BCUT2D eigenvalue weighted by atomic mass is 16.5. The molecular formula is C22H28O2. The molecule has 1 aliphatic rings. The standard InChI is InChI=1S/C22H28O2/c1-16-11-21(24-15-18-7-4-3-5-8-18)12-17(2)22(16)20-10-6-9-19(13-20)14-23/h6,9-13,18,23H,3-5,7-8,14-15H2,1-2H3. The van der Waals surface area contributed by atoms with Crippen LogP contribution in [0.25, 0.3) is 11.1 Å². The molecule has 1 N–H and O–H groups in total. The Morgan fingerprint density at radius 2 is 1.71 bits per heavy atom. The van der Waals surface area contributed by atoms with E-state index in [1.807, 2.05) is 12.1 Å². The third kappa shape index (κ3) is 3.99. The van der Waals surface area contributed by atoms with Crippen LogP contribution in [0.4, 0.5) is 0 Å². The lowest BCUT2D eigenvalue weighted by Crippen LogP contribution is -2.15. The molecule has 0 spiro atoms. The van der Waals surface area contributed by atoms with Gasteiger partial charge in [-0.2, -0.15) is 0 Å². The van der Waals surface area contributed by atoms with Gasteiger partial charge >= 0.3 is 0 Å². The highest BCUT2D eigenvalue weighted by Crippen LogP contribution is 2.32. The summed E-state index contributed by atoms with van der Waals surface area (Å²) in [5.41, 5.74) is 5.81. The first-order chi connectivity index (χ1) is 11.7. The van der Waals surface area contributed by atoms with Gasteiger partial charge < -0.3 is 9.84 Å². The summed E-state index contributed by atoms with van der Waals surface area (Å²) in [5.74, 6) is 1.71. The molecule has 24 heavy (non-hydrogen) atoms. The molecule has 2 aromatic rings. The first-order valence-electron chi connectivity index (χ1n) is 9.11. The molecular weight excluding hydrogens is 296 g/mol. The van der Waals surface area contributed by atoms with Crippen LogP contribution in [0, 0.1) is 19.8 Å². The molecule has 0 aliphatic heterocycles. The number of hydrogen-bond acceptors (Lipinski definition) is 2. The highest BCUT2D eigenvalue weighted by molar-refractivity contribution is 5.72. The predicted molar refractivity (Wildman–Crippen MR) is 99.3 cm³/mol. The smallest absolute Gasteiger partial charge is 0.119 e. The lowest BCUT2D eigenvalue weighted by Gasteiger charge is -2.22. The Morgan fingerprint density at radius 3 is 2.38 bits per heavy atom. The van der Waals surface area contributed by atoms with Crippen molar-refractivity contribution < 1.29 is 9.84 Å². The van der Waals surface area contributed by atoms with E-state index in [2.05, 4.69) is 38.1 Å². The van der Waals surface area contributed by atoms with E-state index in [-0.39, 0.29) is 6.61 Å². The Balaban J connectivity index is 1.77. The SMILES string of the molecule is Cc1cc(OCC2CCCCC2)cc(C)c1-c1cccc(CO)c1. The van der Waals surface area contributed by atoms with Crippen molar-refractivity contribution in [1.82, 2.24) is 0 Å². The quantitative estimate of drug-likeness (QED) is 0.795. The summed E-state index contributed by atoms with van der Waals surface area (Å²) in [4.78, 5) is 0. The summed E-state index contributed by atoms with van der Waals surface area (Å²) in [6.45, 7) is 5.20. The van der Waals surface area contributed by atoms with Gasteiger partial charge in [0, 0.05) is 0 Å². The summed E-state index contributed by atoms with van der Waals surface area (Å²) in [6.07, 6.45) is 6.71. The van der Waals surface area contributed by atoms with Gasteiger partial charge in [0.2, 0.25) is 0 Å². The highest BCUT2D eigenvalue weighted by Gasteiger charge is 2.15. The van der Waals surface area contributed by atoms with Gasteiger partial charge in [0.1, 0.15) is 5.75 Å². The van der Waals surface area contributed by atoms with E-state index in [0.717, 1.165) is 29.4 Å². The lowest BCUT2D eigenvalue weighted by atomic mass is 9.90. The molecule has 3 rings (SSSR count). The van der Waals surface area contributed by atoms with E-state index >= 15 is 0 Å². The minimum absolute atomic E-state index is 0.0779. The van der Waals surface area contributed by atoms with Crippen LogP contribution in [-0.4, -0.2) is 11.7 Å². The molecule has 2 nitrogen and oxygen atoms in total. The molecule has 0 amide bonds. The van der Waals surface area contributed by atoms with E-state index in [0.29, 0.717) is 0 Å². The Bertz CT molecular complexity index is 661. The van der Waals surface area contributed by atoms with Crippen LogP contribution in [0.15, 0.2) is 36.4 Å². The van der Waals surface area contributed by atoms with E-state index < -0.39 is 0 Å². The van der Waals surface area contributed by atoms with Gasteiger partial charge in [-0.1, -0.05) is 37.5 Å². The van der Waals surface area contributed by atoms with Crippen LogP contribution in [-0.2, 0) is 6.61 Å². The maximum Gasteiger partial charge on any atom is 0.119 e. The topological polar surface area (TPSA) is 29.5 Å². The van der Waals surface area contributed by atoms with Crippen molar-refractivity contribution in [2.75, 3.05) is 6.61 Å². The van der Waals surface area contributed by atoms with Crippen molar-refractivity contribution in [3.05, 3.63) is 53.1 Å². The van der Waals surface area contributed by atoms with E-state index in [9.17, 15) is 5.11 Å². The summed E-state index contributed by atoms with van der Waals surface area (Å²) < 4.78 is 6.10. The Hall–Kier alpha value is -1.80. The molecule has 0 heterocycles. The van der Waals surface area contributed by atoms with Crippen LogP contribution in [0.3, 0.4) is 0 Å². The fourth-order valence-electron chi connectivity index (χ4n) is 3.86. The molecule has 0 atom stereocenters. The van der Waals surface area contributed by atoms with E-state index in [1.54, 1.807) is 0 Å². The minimum atomic E-state index is 0.0779. The second-order valence-electron chi connectivity index (χ2n) is 7.11. The van der Waals surface area contributed by atoms with Gasteiger partial charge in [-0.15, -0.1) is 0 Å². The van der Waals surface area contributed by atoms with Crippen LogP contribution < -0.4 is 4.74 Å². The number of ether oxygens (including phenoxy) is 1. The van der Waals surface area contributed by atoms with Gasteiger partial charge in [0.05, 0.1) is 13.2 Å². The molecule has 0 unspecified atom stereocenters. The fraction of sp³-hybridized carbons (Fsp3) is 0.455. The Morgan fingerprint density at radius 1 is 1.00 bits per heavy atom. The van der Waals surface area contributed by atoms with Gasteiger partial charge in [0.15, 0.2) is 0 Å². The second-order valence-corrected chi connectivity index (χ2v) is 7.11. The number of aryl methyl sites for hydroxylation is 2. The minimum Gasteiger partial charge on any atom is -0.493 e. The van der Waals surface area contributed by atoms with Crippen molar-refractivity contribution in [2.24, 2.45) is 5.92 Å². The van der Waals surface area contributed by atoms with Crippen molar-refractivity contribution in [1.29, 1.82) is 0 Å². The molecule has 1 saturated carbocycles. The van der Waals surface area contributed by atoms with Crippen LogP contribution in [0.1, 0.15) is 48.8 Å². The first-order valence-corrected chi connectivity index (χ1v) is 9.11. The van der Waals surface area contributed by atoms with E-state index in [1.165, 1.54) is 48.8 Å². The number of benzene rings is 2. The molecule has 2 heteroatoms. The van der Waals surface area contributed by atoms with E-state index in [4.69, 9.17) is 4.74 Å². The maximum absolute atomic E-state index is 9.37. The molecule has 0 aromatic heterocycles. The molecule has 1 aliphatic carbocycles. The van der Waals surface area contributed by atoms with Crippen molar-refractivity contribution >= 4 is 0 Å². The Kier molecular flexibility index (Phi) is 5.57. The fourth-order valence-corrected chi connectivity index (χ4v) is 3.86. The maximum atomic E-state index is 9.37. The summed E-state index contributed by atoms with van der Waals surface area (Å²) in [6, 6.07) is 12.4. The van der Waals surface area contributed by atoms with Crippen molar-refractivity contribution in [3.63, 3.8) is 0 Å². The predicted octanol–water partition coefficient (Wildman–Crippen LogP) is 5.42. The zero-order valence-electron chi connectivity index (χ0n) is 14.8. The van der Waals surface area contributed by atoms with Gasteiger partial charge in [-0.05, 0) is 78.6 Å². The Labute approximate surface area is 145 Å². The lowest BCUT2D eigenvalue weighted by molar-refractivity contribution is 0.208. The van der Waals surface area contributed by atoms with Crippen LogP contribution in [0.2, 0.25) is 0 Å². The molecule has 0 bridgehead atoms. The summed E-state index contributed by atoms with van der Waals surface area (Å²) in [5, 5.41) is 9.37. The molecule has 128 valence electrons. The molecule has 2 aromatic carbocycles. The van der Waals surface area contributed by atoms with Crippen molar-refractivity contribution in [3.8, 4) is 16.9 Å². The van der Waals surface area contributed by atoms with Crippen LogP contribution in [0.5, 0.6) is 5.75 Å². The largest absolute Gasteiger partial charge is 0.493 e. The number of aliphatic hydroxyl groups excluding tert-OH is 1. The van der Waals surface area contributed by atoms with Gasteiger partial charge in [-0.3, -0.25) is 0 Å². The first kappa shape index (κ1) is 17.0. The third-order valence-electron chi connectivity index (χ3n) is 5.11. The average Bonchev–Trinajstić information content (AvgIpc) is 2.60. The zero-order chi connectivity index (χ0) is 16.9. The summed E-state index contributed by atoms with van der Waals surface area (Å²) in [7, 11) is 0. The third-order valence-corrected chi connectivity index (χ3v) is 5.11. The summed E-state index contributed by atoms with van der Waals surface area (Å²) >= 11 is 0. The van der Waals surface area contributed by atoms with Crippen LogP contribution >= 0.6 is 0 Å². The number of rotatable bonds is 5. The average molecular weight is 324 g/mol. The number of aliphatic hydroxyl groups is 1. The second kappa shape index (κ2) is 7.85. The zero-order valence-corrected chi connectivity index (χ0v) is 14.8. The van der Waals surface area contributed by atoms with Gasteiger partial charge in [-0.25, -0.2) is 0 Å². The normalized spacial score (nSPS) is 15.5. The van der Waals surface area contributed by atoms with Crippen molar-refractivity contribution in [2.45, 2.75) is 52.6 Å².